The van der Waals surface area contributed by atoms with Crippen molar-refractivity contribution in [1.29, 1.82) is 5.26 Å². The Bertz CT molecular complexity index is 1140. The van der Waals surface area contributed by atoms with Gasteiger partial charge in [0.25, 0.3) is 0 Å². The van der Waals surface area contributed by atoms with Gasteiger partial charge in [-0.1, -0.05) is 0 Å². The number of piperazine rings is 1. The van der Waals surface area contributed by atoms with E-state index >= 15 is 0 Å². The number of methoxy groups -OCH3 is 2. The van der Waals surface area contributed by atoms with Gasteiger partial charge in [0.1, 0.15) is 11.6 Å². The molecule has 0 saturated carbocycles. The molecule has 2 aromatic carbocycles. The molecule has 2 heterocycles. The number of nitrogen functional groups attached to an aromatic ring is 1. The number of nitrogens with zero attached hydrogens (tertiary/aromatic N) is 5. The third-order valence-electron chi connectivity index (χ3n) is 5.20. The summed E-state index contributed by atoms with van der Waals surface area (Å²) in [5, 5.41) is 9.60. The van der Waals surface area contributed by atoms with Crippen LogP contribution in [0.3, 0.4) is 0 Å². The molecular formula is C21H21FN6O2. The van der Waals surface area contributed by atoms with Crippen molar-refractivity contribution in [3.8, 4) is 17.6 Å². The molecule has 8 nitrogen and oxygen atoms in total. The zero-order valence-electron chi connectivity index (χ0n) is 16.7. The van der Waals surface area contributed by atoms with Crippen LogP contribution in [0.2, 0.25) is 0 Å². The summed E-state index contributed by atoms with van der Waals surface area (Å²) < 4.78 is 25.0. The van der Waals surface area contributed by atoms with Gasteiger partial charge in [0.15, 0.2) is 11.5 Å². The Labute approximate surface area is 173 Å². The number of hydrogen-bond donors (Lipinski definition) is 1. The maximum absolute atomic E-state index is 14.3. The molecule has 1 fully saturated rings. The molecule has 1 aromatic heterocycles. The Kier molecular flexibility index (Phi) is 5.14. The van der Waals surface area contributed by atoms with Crippen LogP contribution in [-0.2, 0) is 0 Å². The fraction of sp³-hybridized carbons (Fsp3) is 0.286. The minimum Gasteiger partial charge on any atom is -0.493 e. The molecule has 1 aliphatic rings. The predicted molar refractivity (Wildman–Crippen MR) is 113 cm³/mol. The molecule has 0 bridgehead atoms. The topological polar surface area (TPSA) is 101 Å². The van der Waals surface area contributed by atoms with Crippen LogP contribution in [0.15, 0.2) is 30.3 Å². The second-order valence-electron chi connectivity index (χ2n) is 6.89. The Balaban J connectivity index is 1.57. The highest BCUT2D eigenvalue weighted by molar-refractivity contribution is 5.91. The monoisotopic (exact) mass is 408 g/mol. The minimum absolute atomic E-state index is 0.307. The van der Waals surface area contributed by atoms with E-state index in [4.69, 9.17) is 20.5 Å². The molecule has 30 heavy (non-hydrogen) atoms. The number of aromatic nitrogens is 2. The fourth-order valence-electron chi connectivity index (χ4n) is 3.59. The number of ether oxygens (including phenoxy) is 2. The lowest BCUT2D eigenvalue weighted by atomic mass is 10.2. The maximum atomic E-state index is 14.3. The lowest BCUT2D eigenvalue weighted by Gasteiger charge is -2.36. The highest BCUT2D eigenvalue weighted by Crippen LogP contribution is 2.34. The van der Waals surface area contributed by atoms with Gasteiger partial charge in [0.05, 0.1) is 37.1 Å². The van der Waals surface area contributed by atoms with Crippen molar-refractivity contribution in [2.75, 3.05) is 55.9 Å². The number of halogens is 1. The molecule has 0 unspecified atom stereocenters. The fourth-order valence-corrected chi connectivity index (χ4v) is 3.59. The van der Waals surface area contributed by atoms with Crippen LogP contribution in [-0.4, -0.2) is 50.4 Å². The maximum Gasteiger partial charge on any atom is 0.228 e. The summed E-state index contributed by atoms with van der Waals surface area (Å²) in [5.41, 5.74) is 7.64. The minimum atomic E-state index is -0.394. The van der Waals surface area contributed by atoms with Crippen LogP contribution in [0.4, 0.5) is 21.8 Å². The van der Waals surface area contributed by atoms with Crippen LogP contribution in [0.1, 0.15) is 5.56 Å². The first-order valence-corrected chi connectivity index (χ1v) is 9.43. The second kappa shape index (κ2) is 7.91. The van der Waals surface area contributed by atoms with Gasteiger partial charge in [-0.25, -0.2) is 9.37 Å². The summed E-state index contributed by atoms with van der Waals surface area (Å²) in [6.45, 7) is 2.40. The van der Waals surface area contributed by atoms with Crippen molar-refractivity contribution >= 4 is 28.4 Å². The number of nitrogens with two attached hydrogens (primary N) is 1. The zero-order valence-corrected chi connectivity index (χ0v) is 16.7. The van der Waals surface area contributed by atoms with E-state index in [0.29, 0.717) is 71.6 Å². The van der Waals surface area contributed by atoms with Crippen LogP contribution in [0.5, 0.6) is 11.5 Å². The standard InChI is InChI=1S/C21H21FN6O2/c1-29-18-10-14-16(11-19(18)30-2)25-21(26-20(14)24)28-7-5-27(6-8-28)17-4-3-13(12-23)9-15(17)22/h3-4,9-11H,5-8H2,1-2H3,(H2,24,25,26). The number of hydrogen-bond acceptors (Lipinski definition) is 8. The number of anilines is 3. The van der Waals surface area contributed by atoms with Crippen molar-refractivity contribution in [3.05, 3.63) is 41.7 Å². The van der Waals surface area contributed by atoms with Crippen LogP contribution in [0, 0.1) is 17.1 Å². The van der Waals surface area contributed by atoms with Gasteiger partial charge in [-0.3, -0.25) is 0 Å². The number of benzene rings is 2. The molecule has 9 heteroatoms. The first-order valence-electron chi connectivity index (χ1n) is 9.43. The molecule has 0 atom stereocenters. The average Bonchev–Trinajstić information content (AvgIpc) is 2.78. The second-order valence-corrected chi connectivity index (χ2v) is 6.89. The molecule has 1 saturated heterocycles. The van der Waals surface area contributed by atoms with E-state index in [9.17, 15) is 4.39 Å². The van der Waals surface area contributed by atoms with Crippen LogP contribution < -0.4 is 25.0 Å². The average molecular weight is 408 g/mol. The summed E-state index contributed by atoms with van der Waals surface area (Å²) >= 11 is 0. The molecular weight excluding hydrogens is 387 g/mol. The molecule has 0 spiro atoms. The molecule has 0 amide bonds. The Morgan fingerprint density at radius 2 is 1.67 bits per heavy atom. The Hall–Kier alpha value is -3.80. The summed E-state index contributed by atoms with van der Waals surface area (Å²) in [6, 6.07) is 10.0. The number of nitriles is 1. The highest BCUT2D eigenvalue weighted by Gasteiger charge is 2.22. The van der Waals surface area contributed by atoms with E-state index in [1.54, 1.807) is 38.5 Å². The first-order chi connectivity index (χ1) is 14.5. The van der Waals surface area contributed by atoms with E-state index in [-0.39, 0.29) is 0 Å². The van der Waals surface area contributed by atoms with Gasteiger partial charge < -0.3 is 25.0 Å². The Morgan fingerprint density at radius 3 is 2.30 bits per heavy atom. The molecule has 0 aliphatic carbocycles. The SMILES string of the molecule is COc1cc2nc(N3CCN(c4ccc(C#N)cc4F)CC3)nc(N)c2cc1OC. The van der Waals surface area contributed by atoms with Gasteiger partial charge in [-0.2, -0.15) is 10.2 Å². The van der Waals surface area contributed by atoms with E-state index in [1.807, 2.05) is 15.9 Å². The lowest BCUT2D eigenvalue weighted by Crippen LogP contribution is -2.47. The normalized spacial score (nSPS) is 13.9. The number of rotatable bonds is 4. The third-order valence-corrected chi connectivity index (χ3v) is 5.20. The van der Waals surface area contributed by atoms with Gasteiger partial charge >= 0.3 is 0 Å². The summed E-state index contributed by atoms with van der Waals surface area (Å²) in [7, 11) is 3.13. The summed E-state index contributed by atoms with van der Waals surface area (Å²) in [4.78, 5) is 13.1. The van der Waals surface area contributed by atoms with Gasteiger partial charge in [-0.15, -0.1) is 0 Å². The molecule has 3 aromatic rings. The Morgan fingerprint density at radius 1 is 1.00 bits per heavy atom. The van der Waals surface area contributed by atoms with Crippen LogP contribution >= 0.6 is 0 Å². The van der Waals surface area contributed by atoms with Crippen molar-refractivity contribution in [1.82, 2.24) is 9.97 Å². The number of fused-ring (bicyclic) bond motifs is 1. The summed E-state index contributed by atoms with van der Waals surface area (Å²) in [6.07, 6.45) is 0. The van der Waals surface area contributed by atoms with E-state index in [1.165, 1.54) is 6.07 Å². The lowest BCUT2D eigenvalue weighted by molar-refractivity contribution is 0.356. The van der Waals surface area contributed by atoms with Gasteiger partial charge in [0.2, 0.25) is 5.95 Å². The van der Waals surface area contributed by atoms with Gasteiger partial charge in [-0.05, 0) is 24.3 Å². The summed E-state index contributed by atoms with van der Waals surface area (Å²) in [5.74, 6) is 1.61. The van der Waals surface area contributed by atoms with E-state index in [2.05, 4.69) is 9.97 Å². The highest BCUT2D eigenvalue weighted by atomic mass is 19.1. The quantitative estimate of drug-likeness (QED) is 0.703. The molecule has 2 N–H and O–H groups in total. The van der Waals surface area contributed by atoms with Gasteiger partial charge in [0, 0.05) is 37.6 Å². The van der Waals surface area contributed by atoms with Crippen LogP contribution in [0.25, 0.3) is 10.9 Å². The van der Waals surface area contributed by atoms with Crippen molar-refractivity contribution in [2.45, 2.75) is 0 Å². The van der Waals surface area contributed by atoms with Crippen molar-refractivity contribution in [2.24, 2.45) is 0 Å². The van der Waals surface area contributed by atoms with Crippen molar-refractivity contribution in [3.63, 3.8) is 0 Å². The zero-order chi connectivity index (χ0) is 21.3. The molecule has 154 valence electrons. The first kappa shape index (κ1) is 19.5. The molecule has 4 rings (SSSR count). The smallest absolute Gasteiger partial charge is 0.228 e. The van der Waals surface area contributed by atoms with E-state index < -0.39 is 5.82 Å². The van der Waals surface area contributed by atoms with Crippen molar-refractivity contribution < 1.29 is 13.9 Å². The third kappa shape index (κ3) is 3.48. The molecule has 1 aliphatic heterocycles. The van der Waals surface area contributed by atoms with E-state index in [0.717, 1.165) is 0 Å². The largest absolute Gasteiger partial charge is 0.493 e. The predicted octanol–water partition coefficient (Wildman–Crippen LogP) is 2.57. The molecule has 0 radical (unpaired) electrons.